The number of carbonyl (C=O) groups excluding carboxylic acids is 1. The standard InChI is InChI=1S/C26H17BrCl2N2O3S/c1-13-23(14(2)32)24(21-10-9-20(34-21)15-3-6-17(27)7-4-15)31-25(33)22(35-26(31)30-13)11-16-5-8-18(28)12-19(16)29/h3-12,24H,1-2H3/b22-11+/t24-/m0/s1. The second-order valence-corrected chi connectivity index (χ2v) is 10.8. The third-order valence-electron chi connectivity index (χ3n) is 5.68. The van der Waals surface area contributed by atoms with Crippen LogP contribution in [-0.4, -0.2) is 10.4 Å². The van der Waals surface area contributed by atoms with Gasteiger partial charge in [-0.3, -0.25) is 14.2 Å². The van der Waals surface area contributed by atoms with Gasteiger partial charge in [-0.2, -0.15) is 0 Å². The molecule has 0 saturated carbocycles. The second kappa shape index (κ2) is 9.39. The van der Waals surface area contributed by atoms with Gasteiger partial charge in [0, 0.05) is 31.4 Å². The minimum atomic E-state index is -0.726. The minimum Gasteiger partial charge on any atom is -0.458 e. The van der Waals surface area contributed by atoms with E-state index in [1.165, 1.54) is 22.8 Å². The first-order chi connectivity index (χ1) is 16.7. The molecule has 0 saturated heterocycles. The van der Waals surface area contributed by atoms with E-state index >= 15 is 0 Å². The first-order valence-corrected chi connectivity index (χ1v) is 12.9. The lowest BCUT2D eigenvalue weighted by molar-refractivity contribution is -0.114. The number of aromatic nitrogens is 1. The number of ketones is 1. The Kier molecular flexibility index (Phi) is 6.44. The molecule has 0 radical (unpaired) electrons. The van der Waals surface area contributed by atoms with Crippen LogP contribution in [0, 0.1) is 0 Å². The fraction of sp³-hybridized carbons (Fsp3) is 0.115. The summed E-state index contributed by atoms with van der Waals surface area (Å²) in [5.41, 5.74) is 2.24. The summed E-state index contributed by atoms with van der Waals surface area (Å²) in [5, 5.41) is 0.945. The highest BCUT2D eigenvalue weighted by atomic mass is 79.9. The van der Waals surface area contributed by atoms with Crippen molar-refractivity contribution in [3.05, 3.63) is 111 Å². The summed E-state index contributed by atoms with van der Waals surface area (Å²) in [4.78, 5) is 31.4. The van der Waals surface area contributed by atoms with Gasteiger partial charge in [-0.1, -0.05) is 68.7 Å². The molecule has 0 unspecified atom stereocenters. The van der Waals surface area contributed by atoms with Crippen molar-refractivity contribution in [3.63, 3.8) is 0 Å². The molecular weight excluding hydrogens is 571 g/mol. The smallest absolute Gasteiger partial charge is 0.271 e. The predicted molar refractivity (Wildman–Crippen MR) is 143 cm³/mol. The maximum atomic E-state index is 13.6. The van der Waals surface area contributed by atoms with Gasteiger partial charge in [0.15, 0.2) is 10.6 Å². The topological polar surface area (TPSA) is 64.6 Å². The Labute approximate surface area is 222 Å². The Morgan fingerprint density at radius 3 is 2.57 bits per heavy atom. The summed E-state index contributed by atoms with van der Waals surface area (Å²) in [6.45, 7) is 3.25. The number of Topliss-reactive ketones (excluding diaryl/α,β-unsaturated/α-hetero) is 1. The first-order valence-electron chi connectivity index (χ1n) is 10.6. The normalized spacial score (nSPS) is 15.8. The minimum absolute atomic E-state index is 0.173. The molecular formula is C26H17BrCl2N2O3S. The van der Waals surface area contributed by atoms with Crippen molar-refractivity contribution in [2.45, 2.75) is 19.9 Å². The summed E-state index contributed by atoms with van der Waals surface area (Å²) >= 11 is 17.0. The molecule has 0 spiro atoms. The van der Waals surface area contributed by atoms with Gasteiger partial charge in [-0.15, -0.1) is 0 Å². The lowest BCUT2D eigenvalue weighted by Gasteiger charge is -2.22. The third-order valence-corrected chi connectivity index (χ3v) is 7.75. The molecule has 1 atom stereocenters. The Balaban J connectivity index is 1.69. The highest BCUT2D eigenvalue weighted by Gasteiger charge is 2.33. The molecule has 1 aliphatic heterocycles. The van der Waals surface area contributed by atoms with Crippen LogP contribution in [0.1, 0.15) is 31.2 Å². The zero-order valence-corrected chi connectivity index (χ0v) is 22.4. The second-order valence-electron chi connectivity index (χ2n) is 8.01. The van der Waals surface area contributed by atoms with E-state index in [2.05, 4.69) is 20.9 Å². The number of furan rings is 1. The summed E-state index contributed by atoms with van der Waals surface area (Å²) < 4.78 is 9.12. The van der Waals surface area contributed by atoms with E-state index < -0.39 is 6.04 Å². The fourth-order valence-corrected chi connectivity index (χ4v) is 5.83. The van der Waals surface area contributed by atoms with Crippen LogP contribution in [0.4, 0.5) is 0 Å². The van der Waals surface area contributed by atoms with Gasteiger partial charge in [0.1, 0.15) is 17.6 Å². The number of halogens is 3. The highest BCUT2D eigenvalue weighted by Crippen LogP contribution is 2.34. The van der Waals surface area contributed by atoms with Crippen LogP contribution in [0.15, 0.2) is 84.5 Å². The molecule has 3 heterocycles. The van der Waals surface area contributed by atoms with E-state index in [-0.39, 0.29) is 11.3 Å². The molecule has 0 bridgehead atoms. The molecule has 2 aromatic heterocycles. The molecule has 9 heteroatoms. The van der Waals surface area contributed by atoms with E-state index in [4.69, 9.17) is 27.6 Å². The van der Waals surface area contributed by atoms with E-state index in [0.717, 1.165) is 10.0 Å². The van der Waals surface area contributed by atoms with E-state index in [1.54, 1.807) is 37.3 Å². The zero-order chi connectivity index (χ0) is 24.9. The molecule has 2 aromatic carbocycles. The van der Waals surface area contributed by atoms with E-state index in [1.807, 2.05) is 30.3 Å². The molecule has 0 amide bonds. The molecule has 5 nitrogen and oxygen atoms in total. The summed E-state index contributed by atoms with van der Waals surface area (Å²) in [7, 11) is 0. The van der Waals surface area contributed by atoms with Gasteiger partial charge in [-0.05, 0) is 61.9 Å². The number of allylic oxidation sites excluding steroid dienone is 2. The van der Waals surface area contributed by atoms with Crippen LogP contribution >= 0.6 is 50.5 Å². The van der Waals surface area contributed by atoms with Crippen molar-refractivity contribution in [2.24, 2.45) is 4.99 Å². The molecule has 0 fully saturated rings. The molecule has 4 aromatic rings. The van der Waals surface area contributed by atoms with Gasteiger partial charge < -0.3 is 4.42 Å². The van der Waals surface area contributed by atoms with Crippen LogP contribution in [0.5, 0.6) is 0 Å². The lowest BCUT2D eigenvalue weighted by Crippen LogP contribution is -2.39. The average molecular weight is 588 g/mol. The van der Waals surface area contributed by atoms with Gasteiger partial charge in [0.05, 0.1) is 4.53 Å². The largest absolute Gasteiger partial charge is 0.458 e. The first kappa shape index (κ1) is 24.0. The summed E-state index contributed by atoms with van der Waals surface area (Å²) in [5.74, 6) is 0.951. The Bertz CT molecular complexity index is 1700. The van der Waals surface area contributed by atoms with Crippen molar-refractivity contribution in [1.29, 1.82) is 0 Å². The summed E-state index contributed by atoms with van der Waals surface area (Å²) in [6.07, 6.45) is 1.71. The highest BCUT2D eigenvalue weighted by molar-refractivity contribution is 9.10. The van der Waals surface area contributed by atoms with Crippen LogP contribution in [-0.2, 0) is 4.79 Å². The van der Waals surface area contributed by atoms with Gasteiger partial charge in [0.2, 0.25) is 0 Å². The molecule has 0 aliphatic carbocycles. The number of rotatable bonds is 4. The maximum absolute atomic E-state index is 13.6. The molecule has 35 heavy (non-hydrogen) atoms. The quantitative estimate of drug-likeness (QED) is 0.287. The zero-order valence-electron chi connectivity index (χ0n) is 18.5. The van der Waals surface area contributed by atoms with Gasteiger partial charge in [-0.25, -0.2) is 4.99 Å². The molecule has 5 rings (SSSR count). The van der Waals surface area contributed by atoms with Crippen molar-refractivity contribution < 1.29 is 9.21 Å². The lowest BCUT2D eigenvalue weighted by atomic mass is 9.98. The van der Waals surface area contributed by atoms with E-state index in [0.29, 0.717) is 47.7 Å². The maximum Gasteiger partial charge on any atom is 0.271 e. The monoisotopic (exact) mass is 586 g/mol. The molecule has 1 aliphatic rings. The number of benzene rings is 2. The number of fused-ring (bicyclic) bond motifs is 1. The Morgan fingerprint density at radius 2 is 1.89 bits per heavy atom. The number of hydrogen-bond acceptors (Lipinski definition) is 5. The van der Waals surface area contributed by atoms with Crippen molar-refractivity contribution in [1.82, 2.24) is 4.57 Å². The van der Waals surface area contributed by atoms with Crippen molar-refractivity contribution in [3.8, 4) is 11.3 Å². The number of nitrogens with zero attached hydrogens (tertiary/aromatic N) is 2. The number of carbonyl (C=O) groups is 1. The Hall–Kier alpha value is -2.71. The van der Waals surface area contributed by atoms with Crippen LogP contribution in [0.3, 0.4) is 0 Å². The van der Waals surface area contributed by atoms with Crippen molar-refractivity contribution in [2.75, 3.05) is 0 Å². The average Bonchev–Trinajstić information content (AvgIpc) is 3.40. The molecule has 0 N–H and O–H groups in total. The molecule has 176 valence electrons. The van der Waals surface area contributed by atoms with Crippen LogP contribution < -0.4 is 14.9 Å². The van der Waals surface area contributed by atoms with Crippen LogP contribution in [0.2, 0.25) is 10.0 Å². The Morgan fingerprint density at radius 1 is 1.14 bits per heavy atom. The summed E-state index contributed by atoms with van der Waals surface area (Å²) in [6, 6.07) is 15.7. The fourth-order valence-electron chi connectivity index (χ4n) is 4.07. The van der Waals surface area contributed by atoms with Gasteiger partial charge >= 0.3 is 0 Å². The van der Waals surface area contributed by atoms with Gasteiger partial charge in [0.25, 0.3) is 5.56 Å². The number of thiazole rings is 1. The van der Waals surface area contributed by atoms with Crippen LogP contribution in [0.25, 0.3) is 17.4 Å². The van der Waals surface area contributed by atoms with E-state index in [9.17, 15) is 9.59 Å². The third kappa shape index (κ3) is 4.49. The number of hydrogen-bond donors (Lipinski definition) is 0. The van der Waals surface area contributed by atoms with Crippen molar-refractivity contribution >= 4 is 62.3 Å². The SMILES string of the molecule is CC(=O)C1=C(C)N=c2s/c(=C/c3ccc(Cl)cc3Cl)c(=O)n2[C@H]1c1ccc(-c2ccc(Br)cc2)o1. The predicted octanol–water partition coefficient (Wildman–Crippen LogP) is 6.15.